The molecule has 47 heavy (non-hydrogen) atoms. The Morgan fingerprint density at radius 2 is 1.70 bits per heavy atom. The van der Waals surface area contributed by atoms with Crippen molar-refractivity contribution < 1.29 is 24.9 Å². The number of ether oxygens (including phenoxy) is 1. The number of carbonyl (C=O) groups is 1. The van der Waals surface area contributed by atoms with E-state index in [1.807, 2.05) is 13.8 Å². The van der Waals surface area contributed by atoms with Gasteiger partial charge in [0.1, 0.15) is 22.7 Å². The van der Waals surface area contributed by atoms with Gasteiger partial charge in [-0.3, -0.25) is 33.7 Å². The maximum absolute atomic E-state index is 13.7. The molecule has 0 saturated carbocycles. The molecule has 6 rings (SSSR count). The summed E-state index contributed by atoms with van der Waals surface area (Å²) in [7, 11) is 2.88. The van der Waals surface area contributed by atoms with Gasteiger partial charge >= 0.3 is 0 Å². The van der Waals surface area contributed by atoms with Crippen LogP contribution >= 0.6 is 11.6 Å². The van der Waals surface area contributed by atoms with E-state index >= 15 is 0 Å². The molecule has 0 saturated heterocycles. The monoisotopic (exact) mass is 662 g/mol. The van der Waals surface area contributed by atoms with Crippen molar-refractivity contribution in [2.24, 2.45) is 5.10 Å². The Morgan fingerprint density at radius 3 is 2.32 bits per heavy atom. The lowest BCUT2D eigenvalue weighted by molar-refractivity contribution is -0.122. The molecule has 4 aliphatic carbocycles. The summed E-state index contributed by atoms with van der Waals surface area (Å²) in [5.41, 5.74) is -4.82. The van der Waals surface area contributed by atoms with Gasteiger partial charge in [-0.15, -0.1) is 0 Å². The molecule has 242 valence electrons. The van der Waals surface area contributed by atoms with Crippen molar-refractivity contribution in [3.8, 4) is 11.5 Å². The van der Waals surface area contributed by atoms with Crippen molar-refractivity contribution >= 4 is 46.0 Å². The van der Waals surface area contributed by atoms with Crippen LogP contribution in [0.25, 0.3) is 22.3 Å². The number of pyridine rings is 1. The number of amides is 1. The second kappa shape index (κ2) is 10.9. The molecule has 1 spiro atoms. The molecular formula is C32H27ClN4O10. The third-order valence-corrected chi connectivity index (χ3v) is 9.48. The Morgan fingerprint density at radius 1 is 1.06 bits per heavy atom. The van der Waals surface area contributed by atoms with Gasteiger partial charge in [-0.25, -0.2) is 5.43 Å². The normalized spacial score (nSPS) is 17.2. The smallest absolute Gasteiger partial charge is 0.260 e. The number of carbonyl (C=O) groups excluding carboxylic acids is 1. The van der Waals surface area contributed by atoms with Crippen molar-refractivity contribution in [2.75, 3.05) is 20.7 Å². The zero-order valence-corrected chi connectivity index (χ0v) is 26.2. The first-order valence-electron chi connectivity index (χ1n) is 14.4. The Balaban J connectivity index is 1.56. The summed E-state index contributed by atoms with van der Waals surface area (Å²) >= 11 is 6.78. The standard InChI is InChI=1S/C32H27ClN4O10/c1-11(2)37(3)10-17(39)36-34-9-12-7-14-18(31(46)35-12)28(43)23-13(24(14)33)5-6-32(23)29(44)21-22(30(32)45)27(42)20-19(26(21)41)15(38)8-16(47-4)25(20)40/h7-9,11,43-45H,5-6,10H2,1-4H3,(H,35,46)(H,36,39)/b34-9+/t32-/m0/s1. The van der Waals surface area contributed by atoms with E-state index in [-0.39, 0.29) is 58.0 Å². The zero-order chi connectivity index (χ0) is 34.3. The second-order valence-electron chi connectivity index (χ2n) is 11.8. The van der Waals surface area contributed by atoms with Crippen LogP contribution < -0.4 is 47.9 Å². The Hall–Kier alpha value is -5.34. The molecule has 2 aromatic rings. The predicted molar refractivity (Wildman–Crippen MR) is 172 cm³/mol. The van der Waals surface area contributed by atoms with Crippen LogP contribution in [0.1, 0.15) is 37.1 Å². The molecule has 4 aliphatic rings. The van der Waals surface area contributed by atoms with E-state index in [0.717, 1.165) is 13.2 Å². The third kappa shape index (κ3) is 4.32. The number of fused-ring (bicyclic) bond motifs is 4. The highest BCUT2D eigenvalue weighted by Crippen LogP contribution is 2.56. The highest BCUT2D eigenvalue weighted by atomic mass is 35.5. The number of aromatic amines is 1. The molecule has 5 N–H and O–H groups in total. The van der Waals surface area contributed by atoms with E-state index in [1.165, 1.54) is 12.3 Å². The number of aliphatic hydroxyl groups excluding tert-OH is 2. The van der Waals surface area contributed by atoms with Gasteiger partial charge in [0.15, 0.2) is 11.2 Å². The summed E-state index contributed by atoms with van der Waals surface area (Å²) in [6.45, 7) is 3.93. The maximum Gasteiger partial charge on any atom is 0.260 e. The summed E-state index contributed by atoms with van der Waals surface area (Å²) < 4.78 is 4.89. The van der Waals surface area contributed by atoms with E-state index in [9.17, 15) is 44.1 Å². The number of hydrazone groups is 1. The number of halogens is 1. The predicted octanol–water partition coefficient (Wildman–Crippen LogP) is -1.04. The molecule has 1 aromatic carbocycles. The third-order valence-electron chi connectivity index (χ3n) is 9.04. The number of H-pyrrole nitrogens is 1. The van der Waals surface area contributed by atoms with Crippen LogP contribution in [-0.4, -0.2) is 64.1 Å². The molecular weight excluding hydrogens is 636 g/mol. The lowest BCUT2D eigenvalue weighted by atomic mass is 9.78. The fourth-order valence-corrected chi connectivity index (χ4v) is 6.84. The van der Waals surface area contributed by atoms with Crippen molar-refractivity contribution in [3.63, 3.8) is 0 Å². The molecule has 0 fully saturated rings. The Bertz CT molecular complexity index is 2590. The van der Waals surface area contributed by atoms with Crippen molar-refractivity contribution in [2.45, 2.75) is 38.1 Å². The fraction of sp³-hybridized carbons (Fsp3) is 0.281. The minimum Gasteiger partial charge on any atom is -0.510 e. The average Bonchev–Trinajstić information content (AvgIpc) is 3.52. The van der Waals surface area contributed by atoms with E-state index < -0.39 is 82.5 Å². The van der Waals surface area contributed by atoms with Gasteiger partial charge in [-0.1, -0.05) is 11.6 Å². The molecule has 1 heterocycles. The summed E-state index contributed by atoms with van der Waals surface area (Å²) in [6.07, 6.45) is 0.988. The minimum absolute atomic E-state index is 0.00472. The van der Waals surface area contributed by atoms with Gasteiger partial charge in [0.25, 0.3) is 11.5 Å². The number of nitrogens with one attached hydrogen (secondary N) is 2. The topological polar surface area (TPSA) is 216 Å². The van der Waals surface area contributed by atoms with Crippen LogP contribution in [0, 0.1) is 10.4 Å². The highest BCUT2D eigenvalue weighted by Gasteiger charge is 2.53. The largest absolute Gasteiger partial charge is 0.510 e. The van der Waals surface area contributed by atoms with Crippen LogP contribution in [0.2, 0.25) is 5.02 Å². The molecule has 15 heteroatoms. The highest BCUT2D eigenvalue weighted by molar-refractivity contribution is 6.37. The van der Waals surface area contributed by atoms with Gasteiger partial charge in [0.2, 0.25) is 16.3 Å². The van der Waals surface area contributed by atoms with E-state index in [4.69, 9.17) is 16.3 Å². The first-order chi connectivity index (χ1) is 22.2. The number of aromatic hydroxyl groups is 1. The Labute approximate surface area is 267 Å². The van der Waals surface area contributed by atoms with Crippen LogP contribution in [0.5, 0.6) is 11.5 Å². The SMILES string of the molecule is COc1cc(=O)c2c(=O)c3c(c(=O)c=2c1=O)=C(O)[C@]1(CCc2c1c(O)c1c(=O)[nH]c(/C=N/NC(=O)CN(C)C(C)C)cc1c2Cl)C=3O. The second-order valence-corrected chi connectivity index (χ2v) is 12.2. The van der Waals surface area contributed by atoms with Gasteiger partial charge in [0.05, 0.1) is 56.8 Å². The molecule has 0 radical (unpaired) electrons. The van der Waals surface area contributed by atoms with Gasteiger partial charge in [-0.05, 0) is 45.4 Å². The first kappa shape index (κ1) is 31.6. The summed E-state index contributed by atoms with van der Waals surface area (Å²) in [4.78, 5) is 82.9. The molecule has 0 aliphatic heterocycles. The maximum atomic E-state index is 13.7. The summed E-state index contributed by atoms with van der Waals surface area (Å²) in [5.74, 6) is -3.23. The molecule has 1 atom stereocenters. The van der Waals surface area contributed by atoms with Crippen molar-refractivity contribution in [1.82, 2.24) is 15.3 Å². The number of aliphatic hydroxyl groups is 2. The summed E-state index contributed by atoms with van der Waals surface area (Å²) in [5, 5.41) is 35.4. The number of hydrogen-bond donors (Lipinski definition) is 5. The fourth-order valence-electron chi connectivity index (χ4n) is 6.50. The van der Waals surface area contributed by atoms with Crippen molar-refractivity contribution in [1.29, 1.82) is 0 Å². The number of phenolic OH excluding ortho intramolecular Hbond substituents is 1. The van der Waals surface area contributed by atoms with Crippen LogP contribution in [0.3, 0.4) is 0 Å². The molecule has 0 bridgehead atoms. The van der Waals surface area contributed by atoms with Crippen LogP contribution in [-0.2, 0) is 16.6 Å². The van der Waals surface area contributed by atoms with E-state index in [0.29, 0.717) is 0 Å². The van der Waals surface area contributed by atoms with E-state index in [2.05, 4.69) is 15.5 Å². The molecule has 1 amide bonds. The average molecular weight is 663 g/mol. The molecule has 0 unspecified atom stereocenters. The summed E-state index contributed by atoms with van der Waals surface area (Å²) in [6, 6.07) is 2.30. The minimum atomic E-state index is -2.09. The van der Waals surface area contributed by atoms with Gasteiger partial charge in [0, 0.05) is 23.1 Å². The molecule has 1 aromatic heterocycles. The van der Waals surface area contributed by atoms with Gasteiger partial charge in [-0.2, -0.15) is 5.10 Å². The number of methoxy groups -OCH3 is 1. The number of nitrogens with zero attached hydrogens (tertiary/aromatic N) is 2. The van der Waals surface area contributed by atoms with Gasteiger partial charge < -0.3 is 25.0 Å². The molecule has 14 nitrogen and oxygen atoms in total. The van der Waals surface area contributed by atoms with Crippen LogP contribution in [0.15, 0.2) is 41.2 Å². The number of likely N-dealkylation sites (N-methyl/N-ethyl adjacent to an activating group) is 1. The number of aromatic nitrogens is 1. The van der Waals surface area contributed by atoms with E-state index in [1.54, 1.807) is 11.9 Å². The zero-order valence-electron chi connectivity index (χ0n) is 25.4. The number of rotatable bonds is 6. The number of phenols is 1. The lowest BCUT2D eigenvalue weighted by Crippen LogP contribution is -2.51. The quantitative estimate of drug-likeness (QED) is 0.124. The number of benzene rings is 1. The number of hydrogen-bond acceptors (Lipinski definition) is 12. The first-order valence-corrected chi connectivity index (χ1v) is 14.7. The lowest BCUT2D eigenvalue weighted by Gasteiger charge is -2.27. The Kier molecular flexibility index (Phi) is 7.32. The van der Waals surface area contributed by atoms with Crippen LogP contribution in [0.4, 0.5) is 0 Å². The van der Waals surface area contributed by atoms with Crippen molar-refractivity contribution in [3.05, 3.63) is 106 Å².